The Morgan fingerprint density at radius 3 is 2.60 bits per heavy atom. The molecule has 0 unspecified atom stereocenters. The summed E-state index contributed by atoms with van der Waals surface area (Å²) in [5.41, 5.74) is 1.31. The van der Waals surface area contributed by atoms with Gasteiger partial charge in [0.2, 0.25) is 0 Å². The van der Waals surface area contributed by atoms with Gasteiger partial charge in [0.15, 0.2) is 0 Å². The number of ether oxygens (including phenoxy) is 2. The Morgan fingerprint density at radius 2 is 2.05 bits per heavy atom. The van der Waals surface area contributed by atoms with Crippen LogP contribution in [0.1, 0.15) is 18.9 Å². The zero-order valence-electron chi connectivity index (χ0n) is 11.8. The number of rotatable bonds is 8. The first-order valence-electron chi connectivity index (χ1n) is 6.31. The maximum atomic E-state index is 11.4. The molecule has 0 aliphatic heterocycles. The molecule has 1 aromatic rings. The first-order valence-corrected chi connectivity index (χ1v) is 6.31. The van der Waals surface area contributed by atoms with Crippen LogP contribution in [0.2, 0.25) is 0 Å². The minimum atomic E-state index is -0.365. The fourth-order valence-corrected chi connectivity index (χ4v) is 1.44. The molecule has 20 heavy (non-hydrogen) atoms. The molecule has 1 aromatic carbocycles. The SMILES string of the molecule is C=CCOc1ccc(/C(CC(=O)OC)=N/OCC)cc1. The van der Waals surface area contributed by atoms with Crippen LogP contribution < -0.4 is 4.74 Å². The van der Waals surface area contributed by atoms with Gasteiger partial charge in [-0.15, -0.1) is 0 Å². The highest BCUT2D eigenvalue weighted by molar-refractivity contribution is 6.09. The van der Waals surface area contributed by atoms with E-state index in [1.807, 2.05) is 19.1 Å². The third kappa shape index (κ3) is 5.14. The molecule has 108 valence electrons. The van der Waals surface area contributed by atoms with Gasteiger partial charge < -0.3 is 14.3 Å². The number of carbonyl (C=O) groups excluding carboxylic acids is 1. The molecule has 0 heterocycles. The minimum absolute atomic E-state index is 0.0589. The van der Waals surface area contributed by atoms with Gasteiger partial charge in [-0.1, -0.05) is 17.8 Å². The summed E-state index contributed by atoms with van der Waals surface area (Å²) in [5, 5.41) is 3.95. The molecule has 0 N–H and O–H groups in total. The van der Waals surface area contributed by atoms with E-state index in [0.29, 0.717) is 18.9 Å². The molecule has 0 fully saturated rings. The van der Waals surface area contributed by atoms with Crippen molar-refractivity contribution in [2.45, 2.75) is 13.3 Å². The van der Waals surface area contributed by atoms with Crippen molar-refractivity contribution in [2.24, 2.45) is 5.16 Å². The van der Waals surface area contributed by atoms with E-state index in [1.165, 1.54) is 7.11 Å². The van der Waals surface area contributed by atoms with E-state index in [0.717, 1.165) is 11.3 Å². The monoisotopic (exact) mass is 277 g/mol. The highest BCUT2D eigenvalue weighted by Gasteiger charge is 2.11. The molecule has 0 bridgehead atoms. The first kappa shape index (κ1) is 15.8. The Morgan fingerprint density at radius 1 is 1.35 bits per heavy atom. The van der Waals surface area contributed by atoms with Crippen molar-refractivity contribution in [3.05, 3.63) is 42.5 Å². The molecule has 5 heteroatoms. The van der Waals surface area contributed by atoms with Crippen LogP contribution in [-0.2, 0) is 14.4 Å². The average molecular weight is 277 g/mol. The van der Waals surface area contributed by atoms with Crippen LogP contribution >= 0.6 is 0 Å². The number of carbonyl (C=O) groups is 1. The first-order chi connectivity index (χ1) is 9.71. The van der Waals surface area contributed by atoms with Crippen molar-refractivity contribution >= 4 is 11.7 Å². The normalized spacial score (nSPS) is 10.8. The van der Waals surface area contributed by atoms with Gasteiger partial charge in [-0.3, -0.25) is 4.79 Å². The molecular weight excluding hydrogens is 258 g/mol. The van der Waals surface area contributed by atoms with Crippen molar-refractivity contribution in [3.8, 4) is 5.75 Å². The van der Waals surface area contributed by atoms with Crippen LogP contribution in [0.3, 0.4) is 0 Å². The predicted octanol–water partition coefficient (Wildman–Crippen LogP) is 2.56. The summed E-state index contributed by atoms with van der Waals surface area (Å²) in [4.78, 5) is 16.4. The summed E-state index contributed by atoms with van der Waals surface area (Å²) in [5.74, 6) is 0.359. The van der Waals surface area contributed by atoms with Crippen molar-refractivity contribution in [2.75, 3.05) is 20.3 Å². The molecule has 5 nitrogen and oxygen atoms in total. The van der Waals surface area contributed by atoms with E-state index in [2.05, 4.69) is 16.5 Å². The number of hydrogen-bond acceptors (Lipinski definition) is 5. The van der Waals surface area contributed by atoms with Crippen molar-refractivity contribution in [1.29, 1.82) is 0 Å². The number of benzene rings is 1. The molecule has 0 aliphatic carbocycles. The van der Waals surface area contributed by atoms with Crippen molar-refractivity contribution in [3.63, 3.8) is 0 Å². The van der Waals surface area contributed by atoms with Gasteiger partial charge in [0.05, 0.1) is 19.2 Å². The minimum Gasteiger partial charge on any atom is -0.490 e. The quantitative estimate of drug-likeness (QED) is 0.317. The number of esters is 1. The van der Waals surface area contributed by atoms with E-state index in [4.69, 9.17) is 9.57 Å². The van der Waals surface area contributed by atoms with Gasteiger partial charge in [0, 0.05) is 5.56 Å². The van der Waals surface area contributed by atoms with Crippen LogP contribution in [0.5, 0.6) is 5.75 Å². The van der Waals surface area contributed by atoms with Crippen LogP contribution in [-0.4, -0.2) is 32.0 Å². The molecule has 0 amide bonds. The summed E-state index contributed by atoms with van der Waals surface area (Å²) in [6.07, 6.45) is 1.73. The van der Waals surface area contributed by atoms with Crippen molar-refractivity contribution in [1.82, 2.24) is 0 Å². The molecule has 0 saturated carbocycles. The van der Waals surface area contributed by atoms with Gasteiger partial charge in [0.1, 0.15) is 19.0 Å². The van der Waals surface area contributed by atoms with Crippen LogP contribution in [0, 0.1) is 0 Å². The molecule has 0 aliphatic rings. The van der Waals surface area contributed by atoms with E-state index < -0.39 is 0 Å². The molecule has 0 atom stereocenters. The van der Waals surface area contributed by atoms with Gasteiger partial charge in [-0.2, -0.15) is 0 Å². The van der Waals surface area contributed by atoms with Crippen LogP contribution in [0.4, 0.5) is 0 Å². The third-order valence-electron chi connectivity index (χ3n) is 2.40. The topological polar surface area (TPSA) is 57.1 Å². The van der Waals surface area contributed by atoms with E-state index in [1.54, 1.807) is 18.2 Å². The molecule has 0 saturated heterocycles. The van der Waals surface area contributed by atoms with Gasteiger partial charge in [-0.25, -0.2) is 0 Å². The number of oxime groups is 1. The van der Waals surface area contributed by atoms with Gasteiger partial charge in [0.25, 0.3) is 0 Å². The molecule has 0 radical (unpaired) electrons. The van der Waals surface area contributed by atoms with Crippen LogP contribution in [0.15, 0.2) is 42.1 Å². The maximum absolute atomic E-state index is 11.4. The third-order valence-corrected chi connectivity index (χ3v) is 2.40. The van der Waals surface area contributed by atoms with Gasteiger partial charge in [-0.05, 0) is 31.2 Å². The Labute approximate surface area is 118 Å². The van der Waals surface area contributed by atoms with E-state index in [9.17, 15) is 4.79 Å². The second-order valence-corrected chi connectivity index (χ2v) is 3.83. The molecule has 0 aromatic heterocycles. The Hall–Kier alpha value is -2.30. The number of nitrogens with zero attached hydrogens (tertiary/aromatic N) is 1. The summed E-state index contributed by atoms with van der Waals surface area (Å²) < 4.78 is 10.0. The lowest BCUT2D eigenvalue weighted by Crippen LogP contribution is -2.11. The smallest absolute Gasteiger partial charge is 0.311 e. The Balaban J connectivity index is 2.84. The fourth-order valence-electron chi connectivity index (χ4n) is 1.44. The summed E-state index contributed by atoms with van der Waals surface area (Å²) in [6.45, 7) is 6.29. The lowest BCUT2D eigenvalue weighted by molar-refractivity contribution is -0.139. The summed E-state index contributed by atoms with van der Waals surface area (Å²) >= 11 is 0. The Bertz CT molecular complexity index is 465. The van der Waals surface area contributed by atoms with Crippen molar-refractivity contribution < 1.29 is 19.1 Å². The second kappa shape index (κ2) is 8.74. The summed E-state index contributed by atoms with van der Waals surface area (Å²) in [6, 6.07) is 7.24. The zero-order valence-corrected chi connectivity index (χ0v) is 11.8. The average Bonchev–Trinajstić information content (AvgIpc) is 2.49. The number of methoxy groups -OCH3 is 1. The highest BCUT2D eigenvalue weighted by atomic mass is 16.6. The van der Waals surface area contributed by atoms with Crippen LogP contribution in [0.25, 0.3) is 0 Å². The highest BCUT2D eigenvalue weighted by Crippen LogP contribution is 2.14. The Kier molecular flexibility index (Phi) is 6.89. The number of hydrogen-bond donors (Lipinski definition) is 0. The second-order valence-electron chi connectivity index (χ2n) is 3.83. The van der Waals surface area contributed by atoms with E-state index >= 15 is 0 Å². The fraction of sp³-hybridized carbons (Fsp3) is 0.333. The standard InChI is InChI=1S/C15H19NO4/c1-4-10-19-13-8-6-12(7-9-13)14(16-20-5-2)11-15(17)18-3/h4,6-9H,1,5,10-11H2,2-3H3/b16-14+. The lowest BCUT2D eigenvalue weighted by Gasteiger charge is -2.07. The molecule has 1 rings (SSSR count). The lowest BCUT2D eigenvalue weighted by atomic mass is 10.1. The van der Waals surface area contributed by atoms with E-state index in [-0.39, 0.29) is 12.4 Å². The zero-order chi connectivity index (χ0) is 14.8. The molecular formula is C15H19NO4. The predicted molar refractivity (Wildman–Crippen MR) is 76.9 cm³/mol. The summed E-state index contributed by atoms with van der Waals surface area (Å²) in [7, 11) is 1.34. The van der Waals surface area contributed by atoms with Gasteiger partial charge >= 0.3 is 5.97 Å². The molecule has 0 spiro atoms. The largest absolute Gasteiger partial charge is 0.490 e. The maximum Gasteiger partial charge on any atom is 0.311 e.